The van der Waals surface area contributed by atoms with Gasteiger partial charge in [0.1, 0.15) is 5.82 Å². The average Bonchev–Trinajstić information content (AvgIpc) is 2.87. The number of hydrogen-bond acceptors (Lipinski definition) is 3. The van der Waals surface area contributed by atoms with E-state index in [4.69, 9.17) is 0 Å². The Morgan fingerprint density at radius 1 is 1.16 bits per heavy atom. The lowest BCUT2D eigenvalue weighted by molar-refractivity contribution is -0.132. The zero-order valence-electron chi connectivity index (χ0n) is 14.6. The molecule has 1 saturated heterocycles. The van der Waals surface area contributed by atoms with E-state index in [9.17, 15) is 13.2 Å². The highest BCUT2D eigenvalue weighted by atomic mass is 19.4. The van der Waals surface area contributed by atoms with E-state index in [1.54, 1.807) is 6.20 Å². The number of halogens is 3. The van der Waals surface area contributed by atoms with Crippen LogP contribution in [0.1, 0.15) is 37.7 Å². The smallest absolute Gasteiger partial charge is 0.357 e. The quantitative estimate of drug-likeness (QED) is 0.628. The number of aliphatic imine (C=N–C) groups is 1. The molecule has 140 valence electrons. The minimum absolute atomic E-state index is 0.199. The third-order valence-corrected chi connectivity index (χ3v) is 4.12. The Morgan fingerprint density at radius 3 is 2.44 bits per heavy atom. The first-order chi connectivity index (χ1) is 12.0. The maximum Gasteiger partial charge on any atom is 0.390 e. The van der Waals surface area contributed by atoms with Crippen molar-refractivity contribution in [1.82, 2.24) is 15.6 Å². The molecule has 0 aliphatic carbocycles. The van der Waals surface area contributed by atoms with E-state index in [1.165, 1.54) is 32.7 Å². The molecule has 0 bridgehead atoms. The molecule has 0 amide bonds. The Labute approximate surface area is 146 Å². The molecule has 1 aromatic rings. The molecule has 0 atom stereocenters. The van der Waals surface area contributed by atoms with Crippen molar-refractivity contribution >= 4 is 11.8 Å². The second-order valence-electron chi connectivity index (χ2n) is 6.14. The summed E-state index contributed by atoms with van der Waals surface area (Å²) < 4.78 is 36.5. The SMILES string of the molecule is CN=C(NCCC(F)(F)F)NCc1ccc(N2CCCCCC2)nc1. The number of pyridine rings is 1. The van der Waals surface area contributed by atoms with E-state index in [2.05, 4.69) is 25.5 Å². The topological polar surface area (TPSA) is 52.6 Å². The van der Waals surface area contributed by atoms with Crippen molar-refractivity contribution in [2.75, 3.05) is 31.6 Å². The Bertz CT molecular complexity index is 534. The maximum atomic E-state index is 12.2. The summed E-state index contributed by atoms with van der Waals surface area (Å²) in [4.78, 5) is 10.7. The third kappa shape index (κ3) is 7.19. The van der Waals surface area contributed by atoms with Crippen molar-refractivity contribution in [3.8, 4) is 0 Å². The molecule has 1 aromatic heterocycles. The molecule has 2 N–H and O–H groups in total. The Hall–Kier alpha value is -1.99. The summed E-state index contributed by atoms with van der Waals surface area (Å²) in [7, 11) is 1.53. The van der Waals surface area contributed by atoms with Gasteiger partial charge in [-0.2, -0.15) is 13.2 Å². The normalized spacial score (nSPS) is 16.5. The van der Waals surface area contributed by atoms with Crippen LogP contribution in [0.15, 0.2) is 23.3 Å². The summed E-state index contributed by atoms with van der Waals surface area (Å²) >= 11 is 0. The van der Waals surface area contributed by atoms with Gasteiger partial charge >= 0.3 is 6.18 Å². The highest BCUT2D eigenvalue weighted by molar-refractivity contribution is 5.79. The number of aromatic nitrogens is 1. The molecule has 5 nitrogen and oxygen atoms in total. The molecular formula is C17H26F3N5. The third-order valence-electron chi connectivity index (χ3n) is 4.12. The van der Waals surface area contributed by atoms with Crippen LogP contribution in [0.25, 0.3) is 0 Å². The molecule has 25 heavy (non-hydrogen) atoms. The first-order valence-corrected chi connectivity index (χ1v) is 8.69. The van der Waals surface area contributed by atoms with Gasteiger partial charge in [0.2, 0.25) is 0 Å². The molecule has 2 rings (SSSR count). The van der Waals surface area contributed by atoms with Crippen LogP contribution in [0.3, 0.4) is 0 Å². The number of anilines is 1. The standard InChI is InChI=1S/C17H26F3N5/c1-21-16(22-9-8-17(18,19)20)24-13-14-6-7-15(23-12-14)25-10-4-2-3-5-11-25/h6-7,12H,2-5,8-11,13H2,1H3,(H2,21,22,24). The molecule has 0 radical (unpaired) electrons. The minimum Gasteiger partial charge on any atom is -0.357 e. The van der Waals surface area contributed by atoms with Crippen molar-refractivity contribution in [1.29, 1.82) is 0 Å². The van der Waals surface area contributed by atoms with Gasteiger partial charge in [-0.25, -0.2) is 4.98 Å². The van der Waals surface area contributed by atoms with Gasteiger partial charge in [-0.1, -0.05) is 18.9 Å². The van der Waals surface area contributed by atoms with Crippen LogP contribution < -0.4 is 15.5 Å². The molecule has 2 heterocycles. The van der Waals surface area contributed by atoms with Gasteiger partial charge in [0.25, 0.3) is 0 Å². The summed E-state index contributed by atoms with van der Waals surface area (Å²) in [6, 6.07) is 3.99. The lowest BCUT2D eigenvalue weighted by Crippen LogP contribution is -2.38. The molecule has 1 aliphatic rings. The molecule has 0 unspecified atom stereocenters. The summed E-state index contributed by atoms with van der Waals surface area (Å²) in [5.41, 5.74) is 0.956. The summed E-state index contributed by atoms with van der Waals surface area (Å²) in [6.07, 6.45) is 1.70. The number of guanidine groups is 1. The van der Waals surface area contributed by atoms with Crippen molar-refractivity contribution in [2.24, 2.45) is 4.99 Å². The summed E-state index contributed by atoms with van der Waals surface area (Å²) in [5.74, 6) is 1.33. The first-order valence-electron chi connectivity index (χ1n) is 8.69. The van der Waals surface area contributed by atoms with Crippen LogP contribution in [0.5, 0.6) is 0 Å². The van der Waals surface area contributed by atoms with Gasteiger partial charge in [-0.05, 0) is 24.5 Å². The fraction of sp³-hybridized carbons (Fsp3) is 0.647. The van der Waals surface area contributed by atoms with E-state index < -0.39 is 12.6 Å². The molecule has 0 aromatic carbocycles. The van der Waals surface area contributed by atoms with Gasteiger partial charge in [-0.15, -0.1) is 0 Å². The number of rotatable bonds is 5. The van der Waals surface area contributed by atoms with E-state index in [-0.39, 0.29) is 6.54 Å². The van der Waals surface area contributed by atoms with Crippen LogP contribution >= 0.6 is 0 Å². The van der Waals surface area contributed by atoms with Gasteiger partial charge in [0, 0.05) is 39.4 Å². The van der Waals surface area contributed by atoms with Crippen molar-refractivity contribution < 1.29 is 13.2 Å². The molecule has 1 fully saturated rings. The van der Waals surface area contributed by atoms with E-state index >= 15 is 0 Å². The molecule has 1 aliphatic heterocycles. The maximum absolute atomic E-state index is 12.2. The van der Waals surface area contributed by atoms with Crippen molar-refractivity contribution in [3.63, 3.8) is 0 Å². The fourth-order valence-corrected chi connectivity index (χ4v) is 2.74. The van der Waals surface area contributed by atoms with E-state index in [0.717, 1.165) is 24.5 Å². The number of nitrogens with one attached hydrogen (secondary N) is 2. The minimum atomic E-state index is -4.17. The zero-order chi connectivity index (χ0) is 18.1. The Kier molecular flexibility index (Phi) is 7.33. The highest BCUT2D eigenvalue weighted by Gasteiger charge is 2.26. The van der Waals surface area contributed by atoms with Crippen LogP contribution in [-0.4, -0.2) is 43.8 Å². The van der Waals surface area contributed by atoms with Gasteiger partial charge < -0.3 is 15.5 Å². The van der Waals surface area contributed by atoms with Crippen LogP contribution in [-0.2, 0) is 6.54 Å². The number of alkyl halides is 3. The van der Waals surface area contributed by atoms with Crippen LogP contribution in [0.2, 0.25) is 0 Å². The van der Waals surface area contributed by atoms with Gasteiger partial charge in [0.15, 0.2) is 5.96 Å². The monoisotopic (exact) mass is 357 g/mol. The van der Waals surface area contributed by atoms with Crippen LogP contribution in [0.4, 0.5) is 19.0 Å². The molecule has 0 saturated carbocycles. The first kappa shape index (κ1) is 19.3. The molecular weight excluding hydrogens is 331 g/mol. The second-order valence-corrected chi connectivity index (χ2v) is 6.14. The summed E-state index contributed by atoms with van der Waals surface area (Å²) in [6.45, 7) is 2.34. The zero-order valence-corrected chi connectivity index (χ0v) is 14.6. The van der Waals surface area contributed by atoms with Crippen molar-refractivity contribution in [2.45, 2.75) is 44.8 Å². The van der Waals surface area contributed by atoms with Gasteiger partial charge in [-0.3, -0.25) is 4.99 Å². The predicted octanol–water partition coefficient (Wildman–Crippen LogP) is 3.08. The van der Waals surface area contributed by atoms with Gasteiger partial charge in [0.05, 0.1) is 6.42 Å². The highest BCUT2D eigenvalue weighted by Crippen LogP contribution is 2.18. The molecule has 0 spiro atoms. The predicted molar refractivity (Wildman–Crippen MR) is 93.8 cm³/mol. The Morgan fingerprint density at radius 2 is 1.88 bits per heavy atom. The lowest BCUT2D eigenvalue weighted by atomic mass is 10.2. The summed E-state index contributed by atoms with van der Waals surface area (Å²) in [5, 5.41) is 5.66. The number of hydrogen-bond donors (Lipinski definition) is 2. The largest absolute Gasteiger partial charge is 0.390 e. The fourth-order valence-electron chi connectivity index (χ4n) is 2.74. The Balaban J connectivity index is 1.79. The average molecular weight is 357 g/mol. The second kappa shape index (κ2) is 9.48. The van der Waals surface area contributed by atoms with E-state index in [0.29, 0.717) is 12.5 Å². The van der Waals surface area contributed by atoms with E-state index in [1.807, 2.05) is 12.1 Å². The van der Waals surface area contributed by atoms with Crippen molar-refractivity contribution in [3.05, 3.63) is 23.9 Å². The molecule has 8 heteroatoms. The van der Waals surface area contributed by atoms with Crippen LogP contribution in [0, 0.1) is 0 Å². The lowest BCUT2D eigenvalue weighted by Gasteiger charge is -2.21. The number of nitrogens with zero attached hydrogens (tertiary/aromatic N) is 3.